The van der Waals surface area contributed by atoms with Gasteiger partial charge in [-0.05, 0) is 138 Å². The van der Waals surface area contributed by atoms with E-state index in [0.29, 0.717) is 5.66 Å². The average molecular weight is 937 g/mol. The third-order valence-corrected chi connectivity index (χ3v) is 17.1. The zero-order valence-electron chi connectivity index (χ0n) is 37.0. The molecule has 8 rings (SSSR count). The summed E-state index contributed by atoms with van der Waals surface area (Å²) in [6.45, 7) is 18.1. The Balaban J connectivity index is 0.000000518. The Morgan fingerprint density at radius 1 is 0.542 bits per heavy atom. The molecule has 318 valence electrons. The first-order valence-electron chi connectivity index (χ1n) is 22.5. The number of halogens is 2. The molecule has 0 amide bonds. The monoisotopic (exact) mass is 936 g/mol. The van der Waals surface area contributed by atoms with Crippen molar-refractivity contribution in [1.82, 2.24) is 0 Å². The summed E-state index contributed by atoms with van der Waals surface area (Å²) in [7, 11) is 9.57. The maximum absolute atomic E-state index is 4.85. The van der Waals surface area contributed by atoms with Gasteiger partial charge in [0.15, 0.2) is 0 Å². The molecule has 1 aliphatic heterocycles. The van der Waals surface area contributed by atoms with Crippen LogP contribution in [0.15, 0.2) is 102 Å². The van der Waals surface area contributed by atoms with Crippen molar-refractivity contribution in [3.8, 4) is 0 Å². The fraction of sp³-hybridized carbons (Fsp3) is 0.472. The fourth-order valence-electron chi connectivity index (χ4n) is 11.0. The zero-order valence-corrected chi connectivity index (χ0v) is 41.1. The van der Waals surface area contributed by atoms with Gasteiger partial charge in [-0.25, -0.2) is 0 Å². The van der Waals surface area contributed by atoms with Crippen LogP contribution in [-0.2, 0) is 15.1 Å². The number of hydrogen-bond acceptors (Lipinski definition) is 2. The van der Waals surface area contributed by atoms with Crippen molar-refractivity contribution in [2.45, 2.75) is 149 Å². The normalized spacial score (nSPS) is 19.8. The van der Waals surface area contributed by atoms with E-state index in [4.69, 9.17) is 19.4 Å². The number of benzene rings is 4. The second kappa shape index (κ2) is 22.6. The molecule has 4 aliphatic rings. The summed E-state index contributed by atoms with van der Waals surface area (Å²) >= 11 is -0.346. The quantitative estimate of drug-likeness (QED) is 0.140. The number of allylic oxidation sites excluding steroid dienone is 2. The molecule has 3 aliphatic carbocycles. The summed E-state index contributed by atoms with van der Waals surface area (Å²) in [4.78, 5) is 5.62. The number of hydrogen-bond donors (Lipinski definition) is 0. The van der Waals surface area contributed by atoms with Crippen molar-refractivity contribution in [2.24, 2.45) is 0 Å². The number of nitrogens with zero attached hydrogens (tertiary/aromatic N) is 2. The van der Waals surface area contributed by atoms with Crippen LogP contribution in [-0.4, -0.2) is 30.1 Å². The second-order valence-electron chi connectivity index (χ2n) is 17.8. The van der Waals surface area contributed by atoms with E-state index in [1.807, 2.05) is 18.2 Å². The van der Waals surface area contributed by atoms with Gasteiger partial charge >= 0.3 is 34.5 Å². The Hall–Kier alpha value is -2.41. The van der Waals surface area contributed by atoms with Gasteiger partial charge < -0.3 is 9.80 Å². The molecule has 4 fully saturated rings. The Labute approximate surface area is 375 Å². The van der Waals surface area contributed by atoms with E-state index in [2.05, 4.69) is 131 Å². The molecule has 0 spiro atoms. The molecule has 1 saturated heterocycles. The fourth-order valence-corrected chi connectivity index (χ4v) is 15.6. The maximum atomic E-state index is 4.85. The molecule has 0 radical (unpaired) electrons. The molecule has 6 heteroatoms. The molecule has 0 N–H and O–H groups in total. The third-order valence-electron chi connectivity index (χ3n) is 13.1. The minimum absolute atomic E-state index is 0.141. The van der Waals surface area contributed by atoms with E-state index in [1.165, 1.54) is 145 Å². The van der Waals surface area contributed by atoms with E-state index >= 15 is 0 Å². The topological polar surface area (TPSA) is 6.48 Å². The van der Waals surface area contributed by atoms with Gasteiger partial charge in [-0.3, -0.25) is 0 Å². The van der Waals surface area contributed by atoms with Crippen molar-refractivity contribution >= 4 is 44.8 Å². The van der Waals surface area contributed by atoms with Gasteiger partial charge in [0, 0.05) is 35.7 Å². The van der Waals surface area contributed by atoms with Crippen LogP contribution in [0.4, 0.5) is 11.4 Å². The Morgan fingerprint density at radius 3 is 1.37 bits per heavy atom. The summed E-state index contributed by atoms with van der Waals surface area (Å²) < 4.78 is 0. The summed E-state index contributed by atoms with van der Waals surface area (Å²) in [6.07, 6.45) is 21.1. The summed E-state index contributed by atoms with van der Waals surface area (Å²) in [5.74, 6) is 1.52. The van der Waals surface area contributed by atoms with Crippen LogP contribution in [0.3, 0.4) is 0 Å². The molecule has 3 saturated carbocycles. The van der Waals surface area contributed by atoms with Crippen LogP contribution in [0, 0.1) is 48.5 Å². The molecule has 59 heavy (non-hydrogen) atoms. The first-order valence-corrected chi connectivity index (χ1v) is 28.5. The second-order valence-corrected chi connectivity index (χ2v) is 23.4. The molecule has 1 unspecified atom stereocenters. The first-order chi connectivity index (χ1) is 28.6. The van der Waals surface area contributed by atoms with Gasteiger partial charge in [0.2, 0.25) is 0 Å². The predicted octanol–water partition coefficient (Wildman–Crippen LogP) is 16.2. The Morgan fingerprint density at radius 2 is 0.966 bits per heavy atom. The summed E-state index contributed by atoms with van der Waals surface area (Å²) in [5.41, 5.74) is 19.8. The molecule has 4 aromatic rings. The summed E-state index contributed by atoms with van der Waals surface area (Å²) in [6, 6.07) is 31.2. The van der Waals surface area contributed by atoms with Gasteiger partial charge in [0.1, 0.15) is 5.82 Å². The van der Waals surface area contributed by atoms with Gasteiger partial charge in [0.25, 0.3) is 0 Å². The Kier molecular flexibility index (Phi) is 17.7. The van der Waals surface area contributed by atoms with Crippen LogP contribution >= 0.6 is 27.3 Å². The van der Waals surface area contributed by atoms with Crippen molar-refractivity contribution in [3.05, 3.63) is 146 Å². The third kappa shape index (κ3) is 11.7. The molecular formula is C53H69Cl2N2PRu. The molecule has 1 heterocycles. The first kappa shape index (κ1) is 46.1. The molecule has 2 nitrogen and oxygen atoms in total. The van der Waals surface area contributed by atoms with Crippen molar-refractivity contribution in [1.29, 1.82) is 0 Å². The van der Waals surface area contributed by atoms with Crippen LogP contribution in [0.2, 0.25) is 0 Å². The molecule has 0 aromatic heterocycles. The number of anilines is 2. The molecular weight excluding hydrogens is 868 g/mol. The van der Waals surface area contributed by atoms with Crippen LogP contribution in [0.25, 0.3) is 6.08 Å². The molecule has 4 aromatic carbocycles. The number of aryl methyl sites for hydroxylation is 7. The van der Waals surface area contributed by atoms with E-state index < -0.39 is 0 Å². The van der Waals surface area contributed by atoms with Gasteiger partial charge in [-0.2, -0.15) is 0 Å². The Bertz CT molecular complexity index is 1880. The van der Waals surface area contributed by atoms with Crippen LogP contribution in [0.1, 0.15) is 128 Å². The van der Waals surface area contributed by atoms with E-state index in [0.717, 1.165) is 24.4 Å². The van der Waals surface area contributed by atoms with E-state index in [9.17, 15) is 0 Å². The average Bonchev–Trinajstić information content (AvgIpc) is 3.62. The minimum atomic E-state index is -0.346. The number of rotatable bonds is 6. The van der Waals surface area contributed by atoms with Crippen LogP contribution in [0.5, 0.6) is 0 Å². The SMILES string of the molecule is Cc1cc(C)c(N2CCN(c3c(C)cc(C)cc3C)C2=C2C(=Cc3ccccc3)CCCC2P(C2CCCCC2)C2CCCCC2)c(C)c1.Cc1ccccc1.[Cl][Ru][Cl]. The van der Waals surface area contributed by atoms with Crippen molar-refractivity contribution < 1.29 is 15.1 Å². The van der Waals surface area contributed by atoms with Gasteiger partial charge in [0.05, 0.1) is 0 Å². The predicted molar refractivity (Wildman–Crippen MR) is 259 cm³/mol. The standard InChI is InChI=1S/C46H61N2P.C7H8.2ClH.Ru/c1-32-27-34(3)44(35(4)28-32)47-25-26-48(45-36(5)29-33(2)30-37(45)6)46(47)43-39(31-38-17-10-7-11-18-38)19-16-24-42(43)49(40-20-12-8-13-21-40)41-22-14-9-15-23-41;1-7-5-3-2-4-6-7;;;/h7,10-11,17-18,27-31,40-42H,8-9,12-16,19-26H2,1-6H3;2-6H,1H3;2*1H;/q;;;;+2/p-2. The van der Waals surface area contributed by atoms with Crippen LogP contribution < -0.4 is 9.80 Å². The van der Waals surface area contributed by atoms with Crippen molar-refractivity contribution in [2.75, 3.05) is 22.9 Å². The van der Waals surface area contributed by atoms with Gasteiger partial charge in [-0.15, -0.1) is 0 Å². The zero-order chi connectivity index (χ0) is 41.9. The molecule has 0 bridgehead atoms. The molecule has 1 atom stereocenters. The van der Waals surface area contributed by atoms with Gasteiger partial charge in [-0.1, -0.05) is 154 Å². The van der Waals surface area contributed by atoms with Crippen molar-refractivity contribution in [3.63, 3.8) is 0 Å². The van der Waals surface area contributed by atoms with E-state index in [-0.39, 0.29) is 23.1 Å². The summed E-state index contributed by atoms with van der Waals surface area (Å²) in [5, 5.41) is 0. The van der Waals surface area contributed by atoms with E-state index in [1.54, 1.807) is 11.1 Å².